The Morgan fingerprint density at radius 1 is 1.31 bits per heavy atom. The Kier molecular flexibility index (Phi) is 4.13. The van der Waals surface area contributed by atoms with Crippen molar-refractivity contribution in [3.63, 3.8) is 0 Å². The molecule has 3 nitrogen and oxygen atoms in total. The van der Waals surface area contributed by atoms with Crippen LogP contribution in [0.15, 0.2) is 18.2 Å². The van der Waals surface area contributed by atoms with E-state index in [9.17, 15) is 13.6 Å². The summed E-state index contributed by atoms with van der Waals surface area (Å²) in [5.41, 5.74) is -0.600. The van der Waals surface area contributed by atoms with Gasteiger partial charge in [-0.3, -0.25) is 0 Å². The van der Waals surface area contributed by atoms with Crippen LogP contribution in [0.4, 0.5) is 8.78 Å². The van der Waals surface area contributed by atoms with E-state index in [2.05, 4.69) is 0 Å². The molecule has 0 radical (unpaired) electrons. The summed E-state index contributed by atoms with van der Waals surface area (Å²) in [7, 11) is 0. The van der Waals surface area contributed by atoms with Crippen LogP contribution < -0.4 is 0 Å². The van der Waals surface area contributed by atoms with Crippen molar-refractivity contribution in [1.82, 2.24) is 0 Å². The van der Waals surface area contributed by atoms with Gasteiger partial charge in [0.25, 0.3) is 0 Å². The predicted molar refractivity (Wildman–Crippen MR) is 54.1 cm³/mol. The summed E-state index contributed by atoms with van der Waals surface area (Å²) in [6.07, 6.45) is 3.10. The van der Waals surface area contributed by atoms with Crippen molar-refractivity contribution >= 4 is 12.0 Å². The summed E-state index contributed by atoms with van der Waals surface area (Å²) in [5.74, 6) is -3.39. The van der Waals surface area contributed by atoms with Crippen LogP contribution in [0.5, 0.6) is 0 Å². The minimum absolute atomic E-state index is 0.0211. The molecule has 0 saturated heterocycles. The van der Waals surface area contributed by atoms with E-state index in [0.29, 0.717) is 12.5 Å². The fourth-order valence-electron chi connectivity index (χ4n) is 1.14. The fourth-order valence-corrected chi connectivity index (χ4v) is 1.14. The highest BCUT2D eigenvalue weighted by Gasteiger charge is 2.13. The predicted octanol–water partition coefficient (Wildman–Crippen LogP) is 2.06. The highest BCUT2D eigenvalue weighted by atomic mass is 19.1. The topological polar surface area (TPSA) is 57.5 Å². The van der Waals surface area contributed by atoms with Gasteiger partial charge < -0.3 is 10.2 Å². The quantitative estimate of drug-likeness (QED) is 0.829. The zero-order valence-corrected chi connectivity index (χ0v) is 8.28. The molecule has 0 saturated carbocycles. The molecule has 0 aromatic heterocycles. The first-order valence-corrected chi connectivity index (χ1v) is 4.56. The van der Waals surface area contributed by atoms with E-state index < -0.39 is 23.2 Å². The van der Waals surface area contributed by atoms with Gasteiger partial charge in [0.1, 0.15) is 11.6 Å². The largest absolute Gasteiger partial charge is 0.478 e. The van der Waals surface area contributed by atoms with Crippen LogP contribution in [-0.4, -0.2) is 22.8 Å². The maximum Gasteiger partial charge on any atom is 0.338 e. The number of hydrogen-bond acceptors (Lipinski definition) is 2. The van der Waals surface area contributed by atoms with Crippen molar-refractivity contribution < 1.29 is 23.8 Å². The number of hydrogen-bond donors (Lipinski definition) is 2. The van der Waals surface area contributed by atoms with Gasteiger partial charge in [-0.05, 0) is 12.5 Å². The Bertz CT molecular complexity index is 427. The molecule has 5 heteroatoms. The molecule has 0 aliphatic rings. The lowest BCUT2D eigenvalue weighted by atomic mass is 10.1. The van der Waals surface area contributed by atoms with Gasteiger partial charge in [0.2, 0.25) is 0 Å². The van der Waals surface area contributed by atoms with Gasteiger partial charge in [-0.15, -0.1) is 0 Å². The molecule has 1 aromatic carbocycles. The summed E-state index contributed by atoms with van der Waals surface area (Å²) < 4.78 is 26.2. The molecular formula is C11H10F2O3. The third kappa shape index (κ3) is 2.87. The first kappa shape index (κ1) is 12.3. The third-order valence-electron chi connectivity index (χ3n) is 1.91. The standard InChI is InChI=1S/C11H10F2O3/c12-9-6-10(13)8(11(15)16)5-7(9)3-1-2-4-14/h1,3,5-6,14H,2,4H2,(H,15,16). The van der Waals surface area contributed by atoms with E-state index in [1.165, 1.54) is 12.2 Å². The Labute approximate surface area is 90.6 Å². The van der Waals surface area contributed by atoms with E-state index in [1.54, 1.807) is 0 Å². The Morgan fingerprint density at radius 3 is 2.56 bits per heavy atom. The monoisotopic (exact) mass is 228 g/mol. The average Bonchev–Trinajstić information content (AvgIpc) is 2.21. The lowest BCUT2D eigenvalue weighted by Crippen LogP contribution is -2.02. The second kappa shape index (κ2) is 5.37. The molecule has 16 heavy (non-hydrogen) atoms. The number of carbonyl (C=O) groups is 1. The lowest BCUT2D eigenvalue weighted by molar-refractivity contribution is 0.0691. The third-order valence-corrected chi connectivity index (χ3v) is 1.91. The van der Waals surface area contributed by atoms with Crippen molar-refractivity contribution in [2.75, 3.05) is 6.61 Å². The number of aliphatic hydroxyl groups is 1. The van der Waals surface area contributed by atoms with Crippen LogP contribution in [0.2, 0.25) is 0 Å². The molecule has 86 valence electrons. The van der Waals surface area contributed by atoms with Crippen molar-refractivity contribution in [2.24, 2.45) is 0 Å². The molecule has 1 rings (SSSR count). The number of rotatable bonds is 4. The molecule has 0 spiro atoms. The molecule has 1 aromatic rings. The molecule has 0 aliphatic carbocycles. The maximum absolute atomic E-state index is 13.2. The van der Waals surface area contributed by atoms with Crippen molar-refractivity contribution in [3.05, 3.63) is 41.0 Å². The van der Waals surface area contributed by atoms with E-state index in [4.69, 9.17) is 10.2 Å². The number of aliphatic hydroxyl groups excluding tert-OH is 1. The number of carboxylic acids is 1. The maximum atomic E-state index is 13.2. The van der Waals surface area contributed by atoms with Crippen LogP contribution >= 0.6 is 0 Å². The van der Waals surface area contributed by atoms with Crippen molar-refractivity contribution in [1.29, 1.82) is 0 Å². The molecule has 0 bridgehead atoms. The van der Waals surface area contributed by atoms with Gasteiger partial charge in [0.05, 0.1) is 5.56 Å². The highest BCUT2D eigenvalue weighted by Crippen LogP contribution is 2.16. The highest BCUT2D eigenvalue weighted by molar-refractivity contribution is 5.88. The van der Waals surface area contributed by atoms with Crippen molar-refractivity contribution in [2.45, 2.75) is 6.42 Å². The molecule has 0 fully saturated rings. The number of halogens is 2. The lowest BCUT2D eigenvalue weighted by Gasteiger charge is -2.01. The molecule has 0 aliphatic heterocycles. The molecule has 0 heterocycles. The van der Waals surface area contributed by atoms with Crippen molar-refractivity contribution in [3.8, 4) is 0 Å². The van der Waals surface area contributed by atoms with E-state index in [0.717, 1.165) is 6.07 Å². The fraction of sp³-hybridized carbons (Fsp3) is 0.182. The molecule has 2 N–H and O–H groups in total. The summed E-state index contributed by atoms with van der Waals surface area (Å²) in [4.78, 5) is 10.6. The van der Waals surface area contributed by atoms with E-state index in [-0.39, 0.29) is 12.2 Å². The zero-order valence-electron chi connectivity index (χ0n) is 8.28. The molecule has 0 amide bonds. The number of carboxylic acid groups (broad SMARTS) is 1. The van der Waals surface area contributed by atoms with Crippen LogP contribution in [0.3, 0.4) is 0 Å². The number of benzene rings is 1. The minimum Gasteiger partial charge on any atom is -0.478 e. The molecular weight excluding hydrogens is 218 g/mol. The van der Waals surface area contributed by atoms with Gasteiger partial charge in [-0.25, -0.2) is 13.6 Å². The molecule has 0 atom stereocenters. The first-order valence-electron chi connectivity index (χ1n) is 4.56. The second-order valence-corrected chi connectivity index (χ2v) is 3.07. The smallest absolute Gasteiger partial charge is 0.338 e. The van der Waals surface area contributed by atoms with Crippen LogP contribution in [-0.2, 0) is 0 Å². The normalized spacial score (nSPS) is 10.9. The van der Waals surface area contributed by atoms with E-state index >= 15 is 0 Å². The second-order valence-electron chi connectivity index (χ2n) is 3.07. The van der Waals surface area contributed by atoms with Gasteiger partial charge in [0, 0.05) is 18.2 Å². The van der Waals surface area contributed by atoms with Crippen LogP contribution in [0, 0.1) is 11.6 Å². The van der Waals surface area contributed by atoms with Crippen LogP contribution in [0.25, 0.3) is 6.08 Å². The number of aromatic carboxylic acids is 1. The van der Waals surface area contributed by atoms with Gasteiger partial charge >= 0.3 is 5.97 Å². The Balaban J connectivity index is 3.09. The van der Waals surface area contributed by atoms with Gasteiger partial charge in [-0.1, -0.05) is 12.2 Å². The summed E-state index contributed by atoms with van der Waals surface area (Å²) >= 11 is 0. The first-order chi connectivity index (χ1) is 7.56. The minimum atomic E-state index is -1.45. The Hall–Kier alpha value is -1.75. The summed E-state index contributed by atoms with van der Waals surface area (Å²) in [6, 6.07) is 1.45. The summed E-state index contributed by atoms with van der Waals surface area (Å²) in [6.45, 7) is -0.0922. The Morgan fingerprint density at radius 2 is 2.00 bits per heavy atom. The zero-order chi connectivity index (χ0) is 12.1. The SMILES string of the molecule is O=C(O)c1cc(C=CCCO)c(F)cc1F. The van der Waals surface area contributed by atoms with Crippen LogP contribution in [0.1, 0.15) is 22.3 Å². The average molecular weight is 228 g/mol. The van der Waals surface area contributed by atoms with Gasteiger partial charge in [0.15, 0.2) is 0 Å². The summed E-state index contributed by atoms with van der Waals surface area (Å²) in [5, 5.41) is 17.1. The van der Waals surface area contributed by atoms with Gasteiger partial charge in [-0.2, -0.15) is 0 Å². The molecule has 0 unspecified atom stereocenters. The van der Waals surface area contributed by atoms with E-state index in [1.807, 2.05) is 0 Å².